The first kappa shape index (κ1) is 12.4. The van der Waals surface area contributed by atoms with E-state index in [0.29, 0.717) is 11.3 Å². The van der Waals surface area contributed by atoms with Gasteiger partial charge in [0, 0.05) is 12.5 Å². The number of carbonyl (C=O) groups is 1. The summed E-state index contributed by atoms with van der Waals surface area (Å²) in [5.74, 6) is -0.873. The van der Waals surface area contributed by atoms with E-state index in [1.165, 1.54) is 32.4 Å². The van der Waals surface area contributed by atoms with Crippen molar-refractivity contribution >= 4 is 5.97 Å². The molecule has 0 bridgehead atoms. The van der Waals surface area contributed by atoms with Gasteiger partial charge in [-0.3, -0.25) is 0 Å². The first-order chi connectivity index (χ1) is 7.58. The van der Waals surface area contributed by atoms with E-state index in [4.69, 9.17) is 4.74 Å². The lowest BCUT2D eigenvalue weighted by Gasteiger charge is -2.11. The highest BCUT2D eigenvalue weighted by Crippen LogP contribution is 2.21. The van der Waals surface area contributed by atoms with Gasteiger partial charge < -0.3 is 14.6 Å². The molecule has 0 heterocycles. The first-order valence-electron chi connectivity index (χ1n) is 4.66. The van der Waals surface area contributed by atoms with Gasteiger partial charge in [0.2, 0.25) is 0 Å². The molecule has 0 aliphatic rings. The number of carbonyl (C=O) groups excluding carboxylic acids is 1. The van der Waals surface area contributed by atoms with E-state index in [2.05, 4.69) is 4.74 Å². The molecule has 88 valence electrons. The monoisotopic (exact) mass is 228 g/mol. The summed E-state index contributed by atoms with van der Waals surface area (Å²) >= 11 is 0. The third kappa shape index (κ3) is 2.93. The van der Waals surface area contributed by atoms with Crippen LogP contribution in [0.3, 0.4) is 0 Å². The second-order valence-electron chi connectivity index (χ2n) is 3.20. The summed E-state index contributed by atoms with van der Waals surface area (Å²) in [6.07, 6.45) is -1.25. The molecule has 1 N–H and O–H groups in total. The van der Waals surface area contributed by atoms with E-state index < -0.39 is 17.9 Å². The minimum Gasteiger partial charge on any atom is -0.496 e. The minimum atomic E-state index is -1.27. The molecule has 0 saturated carbocycles. The Labute approximate surface area is 92.6 Å². The van der Waals surface area contributed by atoms with Gasteiger partial charge in [-0.25, -0.2) is 9.18 Å². The Morgan fingerprint density at radius 3 is 2.75 bits per heavy atom. The molecular weight excluding hydrogens is 215 g/mol. The molecule has 0 aliphatic heterocycles. The molecule has 0 saturated heterocycles. The Bertz CT molecular complexity index is 378. The summed E-state index contributed by atoms with van der Waals surface area (Å²) in [6.45, 7) is 0. The van der Waals surface area contributed by atoms with Crippen molar-refractivity contribution in [2.45, 2.75) is 12.5 Å². The third-order valence-corrected chi connectivity index (χ3v) is 2.14. The molecule has 0 amide bonds. The van der Waals surface area contributed by atoms with Gasteiger partial charge in [0.05, 0.1) is 14.2 Å². The highest BCUT2D eigenvalue weighted by atomic mass is 19.1. The van der Waals surface area contributed by atoms with Gasteiger partial charge >= 0.3 is 5.97 Å². The van der Waals surface area contributed by atoms with Crippen molar-refractivity contribution in [3.63, 3.8) is 0 Å². The number of hydrogen-bond donors (Lipinski definition) is 1. The summed E-state index contributed by atoms with van der Waals surface area (Å²) in [5.41, 5.74) is 0.543. The Morgan fingerprint density at radius 2 is 2.19 bits per heavy atom. The highest BCUT2D eigenvalue weighted by molar-refractivity contribution is 5.74. The third-order valence-electron chi connectivity index (χ3n) is 2.14. The van der Waals surface area contributed by atoms with Crippen LogP contribution in [0.1, 0.15) is 5.56 Å². The van der Waals surface area contributed by atoms with Gasteiger partial charge in [-0.15, -0.1) is 0 Å². The number of aliphatic hydroxyl groups excluding tert-OH is 1. The van der Waals surface area contributed by atoms with E-state index >= 15 is 0 Å². The van der Waals surface area contributed by atoms with Crippen LogP contribution in [0.15, 0.2) is 18.2 Å². The van der Waals surface area contributed by atoms with Crippen molar-refractivity contribution in [3.8, 4) is 5.75 Å². The number of hydrogen-bond acceptors (Lipinski definition) is 4. The maximum Gasteiger partial charge on any atom is 0.335 e. The maximum atomic E-state index is 12.9. The molecule has 0 aromatic heterocycles. The molecule has 0 spiro atoms. The van der Waals surface area contributed by atoms with Crippen LogP contribution < -0.4 is 4.74 Å². The second-order valence-corrected chi connectivity index (χ2v) is 3.20. The molecule has 0 fully saturated rings. The number of methoxy groups -OCH3 is 2. The summed E-state index contributed by atoms with van der Waals surface area (Å²) < 4.78 is 22.2. The van der Waals surface area contributed by atoms with Crippen molar-refractivity contribution in [3.05, 3.63) is 29.6 Å². The second kappa shape index (κ2) is 5.46. The van der Waals surface area contributed by atoms with Gasteiger partial charge in [-0.1, -0.05) is 6.07 Å². The van der Waals surface area contributed by atoms with Crippen molar-refractivity contribution in [1.29, 1.82) is 0 Å². The van der Waals surface area contributed by atoms with Gasteiger partial charge in [-0.05, 0) is 11.6 Å². The molecule has 5 heteroatoms. The molecule has 4 nitrogen and oxygen atoms in total. The molecule has 0 aliphatic carbocycles. The number of esters is 1. The van der Waals surface area contributed by atoms with Crippen LogP contribution in [-0.2, 0) is 16.0 Å². The zero-order chi connectivity index (χ0) is 12.1. The Hall–Kier alpha value is -1.62. The zero-order valence-corrected chi connectivity index (χ0v) is 9.07. The Kier molecular flexibility index (Phi) is 4.25. The van der Waals surface area contributed by atoms with E-state index in [1.54, 1.807) is 0 Å². The topological polar surface area (TPSA) is 55.8 Å². The number of aliphatic hydroxyl groups is 1. The molecule has 16 heavy (non-hydrogen) atoms. The summed E-state index contributed by atoms with van der Waals surface area (Å²) in [4.78, 5) is 11.0. The standard InChI is InChI=1S/C11H13FO4/c1-15-10-6-8(12)4-3-7(10)5-9(13)11(14)16-2/h3-4,6,9,13H,5H2,1-2H3. The van der Waals surface area contributed by atoms with Crippen LogP contribution in [0.4, 0.5) is 4.39 Å². The molecule has 1 aromatic carbocycles. The average molecular weight is 228 g/mol. The molecule has 1 rings (SSSR count). The molecular formula is C11H13FO4. The van der Waals surface area contributed by atoms with Gasteiger partial charge in [-0.2, -0.15) is 0 Å². The van der Waals surface area contributed by atoms with Gasteiger partial charge in [0.15, 0.2) is 6.10 Å². The largest absolute Gasteiger partial charge is 0.496 e. The fourth-order valence-electron chi connectivity index (χ4n) is 1.31. The normalized spacial score (nSPS) is 12.0. The number of halogens is 1. The predicted octanol–water partition coefficient (Wildman–Crippen LogP) is 0.911. The molecule has 0 radical (unpaired) electrons. The minimum absolute atomic E-state index is 0.0239. The SMILES string of the molecule is COC(=O)C(O)Cc1ccc(F)cc1OC. The predicted molar refractivity (Wildman–Crippen MR) is 54.7 cm³/mol. The van der Waals surface area contributed by atoms with Gasteiger partial charge in [0.1, 0.15) is 11.6 Å². The van der Waals surface area contributed by atoms with Crippen molar-refractivity contribution < 1.29 is 23.8 Å². The van der Waals surface area contributed by atoms with E-state index in [0.717, 1.165) is 0 Å². The van der Waals surface area contributed by atoms with E-state index in [1.807, 2.05) is 0 Å². The van der Waals surface area contributed by atoms with Crippen molar-refractivity contribution in [2.75, 3.05) is 14.2 Å². The molecule has 1 unspecified atom stereocenters. The van der Waals surface area contributed by atoms with E-state index in [-0.39, 0.29) is 6.42 Å². The maximum absolute atomic E-state index is 12.9. The van der Waals surface area contributed by atoms with Crippen LogP contribution in [-0.4, -0.2) is 31.4 Å². The highest BCUT2D eigenvalue weighted by Gasteiger charge is 2.18. The lowest BCUT2D eigenvalue weighted by molar-refractivity contribution is -0.150. The lowest BCUT2D eigenvalue weighted by Crippen LogP contribution is -2.24. The summed E-state index contributed by atoms with van der Waals surface area (Å²) in [5, 5.41) is 9.44. The van der Waals surface area contributed by atoms with E-state index in [9.17, 15) is 14.3 Å². The van der Waals surface area contributed by atoms with Gasteiger partial charge in [0.25, 0.3) is 0 Å². The Morgan fingerprint density at radius 1 is 1.50 bits per heavy atom. The van der Waals surface area contributed by atoms with Crippen LogP contribution in [0, 0.1) is 5.82 Å². The molecule has 1 aromatic rings. The van der Waals surface area contributed by atoms with Crippen LogP contribution in [0.2, 0.25) is 0 Å². The number of rotatable bonds is 4. The van der Waals surface area contributed by atoms with Crippen molar-refractivity contribution in [2.24, 2.45) is 0 Å². The number of benzene rings is 1. The quantitative estimate of drug-likeness (QED) is 0.778. The fraction of sp³-hybridized carbons (Fsp3) is 0.364. The smallest absolute Gasteiger partial charge is 0.335 e. The summed E-state index contributed by atoms with van der Waals surface area (Å²) in [7, 11) is 2.58. The zero-order valence-electron chi connectivity index (χ0n) is 9.07. The van der Waals surface area contributed by atoms with Crippen molar-refractivity contribution in [1.82, 2.24) is 0 Å². The first-order valence-corrected chi connectivity index (χ1v) is 4.66. The fourth-order valence-corrected chi connectivity index (χ4v) is 1.31. The average Bonchev–Trinajstić information content (AvgIpc) is 2.30. The van der Waals surface area contributed by atoms with Crippen LogP contribution in [0.25, 0.3) is 0 Å². The Balaban J connectivity index is 2.84. The van der Waals surface area contributed by atoms with Crippen LogP contribution in [0.5, 0.6) is 5.75 Å². The van der Waals surface area contributed by atoms with Crippen LogP contribution >= 0.6 is 0 Å². The lowest BCUT2D eigenvalue weighted by atomic mass is 10.1. The number of ether oxygens (including phenoxy) is 2. The summed E-state index contributed by atoms with van der Waals surface area (Å²) in [6, 6.07) is 3.89. The molecule has 1 atom stereocenters.